The Morgan fingerprint density at radius 2 is 2.09 bits per heavy atom. The Morgan fingerprint density at radius 1 is 1.32 bits per heavy atom. The Labute approximate surface area is 131 Å². The maximum absolute atomic E-state index is 11.7. The molecule has 6 nitrogen and oxygen atoms in total. The molecule has 22 heavy (non-hydrogen) atoms. The van der Waals surface area contributed by atoms with Gasteiger partial charge >= 0.3 is 0 Å². The van der Waals surface area contributed by atoms with Crippen LogP contribution in [0.2, 0.25) is 0 Å². The molecule has 1 fully saturated rings. The van der Waals surface area contributed by atoms with E-state index in [0.717, 1.165) is 30.6 Å². The lowest BCUT2D eigenvalue weighted by atomic mass is 10.1. The van der Waals surface area contributed by atoms with E-state index in [4.69, 9.17) is 10.6 Å². The predicted molar refractivity (Wildman–Crippen MR) is 84.5 cm³/mol. The smallest absolute Gasteiger partial charge is 0.175 e. The second-order valence-corrected chi connectivity index (χ2v) is 7.79. The van der Waals surface area contributed by atoms with Crippen molar-refractivity contribution in [2.24, 2.45) is 5.84 Å². The van der Waals surface area contributed by atoms with Crippen LogP contribution in [0.5, 0.6) is 5.75 Å². The first-order valence-corrected chi connectivity index (χ1v) is 9.21. The van der Waals surface area contributed by atoms with E-state index in [0.29, 0.717) is 5.75 Å². The zero-order chi connectivity index (χ0) is 15.9. The molecule has 0 bridgehead atoms. The zero-order valence-electron chi connectivity index (χ0n) is 12.8. The Kier molecular flexibility index (Phi) is 3.78. The molecule has 1 saturated heterocycles. The highest BCUT2D eigenvalue weighted by Crippen LogP contribution is 2.37. The lowest BCUT2D eigenvalue weighted by Gasteiger charge is -2.34. The summed E-state index contributed by atoms with van der Waals surface area (Å²) in [6.07, 6.45) is 6.77. The third kappa shape index (κ3) is 2.55. The van der Waals surface area contributed by atoms with Crippen LogP contribution in [0.3, 0.4) is 0 Å². The Bertz CT molecular complexity index is 715. The van der Waals surface area contributed by atoms with Crippen molar-refractivity contribution >= 4 is 15.5 Å². The van der Waals surface area contributed by atoms with Crippen molar-refractivity contribution < 1.29 is 13.2 Å². The Hall–Kier alpha value is -1.73. The molecule has 2 aliphatic heterocycles. The summed E-state index contributed by atoms with van der Waals surface area (Å²) in [5.74, 6) is 6.78. The van der Waals surface area contributed by atoms with Crippen molar-refractivity contribution in [3.63, 3.8) is 0 Å². The summed E-state index contributed by atoms with van der Waals surface area (Å²) >= 11 is 0. The summed E-state index contributed by atoms with van der Waals surface area (Å²) in [5, 5.41) is 1.76. The minimum Gasteiger partial charge on any atom is -0.496 e. The van der Waals surface area contributed by atoms with Crippen molar-refractivity contribution in [3.05, 3.63) is 30.0 Å². The fraction of sp³-hybridized carbons (Fsp3) is 0.467. The monoisotopic (exact) mass is 323 g/mol. The van der Waals surface area contributed by atoms with Gasteiger partial charge in [0.15, 0.2) is 9.84 Å². The molecular weight excluding hydrogens is 302 g/mol. The van der Waals surface area contributed by atoms with Crippen LogP contribution in [0, 0.1) is 0 Å². The van der Waals surface area contributed by atoms with Crippen LogP contribution >= 0.6 is 0 Å². The number of nitrogens with zero attached hydrogens (tertiary/aromatic N) is 2. The van der Waals surface area contributed by atoms with Crippen molar-refractivity contribution in [3.8, 4) is 5.75 Å². The molecular formula is C15H21N3O3S. The number of hydrazine groups is 1. The van der Waals surface area contributed by atoms with E-state index < -0.39 is 9.84 Å². The average Bonchev–Trinajstić information content (AvgIpc) is 2.83. The number of hydrogen-bond acceptors (Lipinski definition) is 6. The van der Waals surface area contributed by atoms with Crippen molar-refractivity contribution in [2.75, 3.05) is 19.9 Å². The molecule has 1 atom stereocenters. The number of fused-ring (bicyclic) bond motifs is 1. The van der Waals surface area contributed by atoms with Gasteiger partial charge in [-0.2, -0.15) is 0 Å². The van der Waals surface area contributed by atoms with E-state index in [1.54, 1.807) is 23.2 Å². The minimum absolute atomic E-state index is 0.183. The molecule has 3 rings (SSSR count). The average molecular weight is 323 g/mol. The highest BCUT2D eigenvalue weighted by molar-refractivity contribution is 7.90. The van der Waals surface area contributed by atoms with Gasteiger partial charge < -0.3 is 9.64 Å². The standard InChI is InChI=1S/C15H21N3O3S/c1-21-14-9-11(22(2,19)20)6-7-12(14)13-10-17-8-4-3-5-15(17)18(13)16/h6-7,9-10,15H,3-5,8,16H2,1-2H3. The summed E-state index contributed by atoms with van der Waals surface area (Å²) in [5.41, 5.74) is 1.68. The highest BCUT2D eigenvalue weighted by Gasteiger charge is 2.33. The van der Waals surface area contributed by atoms with Gasteiger partial charge in [0.1, 0.15) is 11.9 Å². The lowest BCUT2D eigenvalue weighted by Crippen LogP contribution is -2.45. The topological polar surface area (TPSA) is 75.9 Å². The van der Waals surface area contributed by atoms with Crippen LogP contribution in [-0.2, 0) is 9.84 Å². The number of hydrogen-bond donors (Lipinski definition) is 1. The lowest BCUT2D eigenvalue weighted by molar-refractivity contribution is 0.118. The fourth-order valence-electron chi connectivity index (χ4n) is 3.09. The number of sulfone groups is 1. The molecule has 0 spiro atoms. The van der Waals surface area contributed by atoms with Gasteiger partial charge in [-0.25, -0.2) is 14.3 Å². The minimum atomic E-state index is -3.26. The first kappa shape index (κ1) is 15.2. The largest absolute Gasteiger partial charge is 0.496 e. The van der Waals surface area contributed by atoms with Crippen LogP contribution < -0.4 is 10.6 Å². The number of ether oxygens (including phenoxy) is 1. The van der Waals surface area contributed by atoms with Gasteiger partial charge in [0.2, 0.25) is 0 Å². The maximum Gasteiger partial charge on any atom is 0.175 e. The van der Waals surface area contributed by atoms with Gasteiger partial charge in [-0.15, -0.1) is 0 Å². The van der Waals surface area contributed by atoms with E-state index in [9.17, 15) is 8.42 Å². The number of piperidine rings is 1. The van der Waals surface area contributed by atoms with E-state index in [2.05, 4.69) is 4.90 Å². The fourth-order valence-corrected chi connectivity index (χ4v) is 3.73. The molecule has 1 unspecified atom stereocenters. The van der Waals surface area contributed by atoms with E-state index in [-0.39, 0.29) is 11.1 Å². The van der Waals surface area contributed by atoms with E-state index >= 15 is 0 Å². The van der Waals surface area contributed by atoms with Gasteiger partial charge in [0.05, 0.1) is 17.7 Å². The first-order valence-electron chi connectivity index (χ1n) is 7.32. The third-order valence-corrected chi connectivity index (χ3v) is 5.39. The summed E-state index contributed by atoms with van der Waals surface area (Å²) in [4.78, 5) is 2.48. The highest BCUT2D eigenvalue weighted by atomic mass is 32.2. The van der Waals surface area contributed by atoms with Gasteiger partial charge in [-0.3, -0.25) is 5.01 Å². The quantitative estimate of drug-likeness (QED) is 0.848. The number of nitrogens with two attached hydrogens (primary N) is 1. The maximum atomic E-state index is 11.7. The van der Waals surface area contributed by atoms with E-state index in [1.807, 2.05) is 6.20 Å². The van der Waals surface area contributed by atoms with Crippen LogP contribution in [0.1, 0.15) is 24.8 Å². The molecule has 1 aromatic rings. The van der Waals surface area contributed by atoms with Crippen molar-refractivity contribution in [1.29, 1.82) is 0 Å². The van der Waals surface area contributed by atoms with Gasteiger partial charge in [-0.05, 0) is 37.5 Å². The first-order chi connectivity index (χ1) is 10.4. The molecule has 0 aliphatic carbocycles. The van der Waals surface area contributed by atoms with Crippen LogP contribution in [-0.4, -0.2) is 44.4 Å². The molecule has 0 radical (unpaired) electrons. The second kappa shape index (κ2) is 5.48. The molecule has 7 heteroatoms. The Balaban J connectivity index is 2.01. The molecule has 2 N–H and O–H groups in total. The molecule has 120 valence electrons. The summed E-state index contributed by atoms with van der Waals surface area (Å²) < 4.78 is 28.8. The molecule has 0 aromatic heterocycles. The van der Waals surface area contributed by atoms with Crippen LogP contribution in [0.15, 0.2) is 29.3 Å². The summed E-state index contributed by atoms with van der Waals surface area (Å²) in [7, 11) is -1.73. The normalized spacial score (nSPS) is 21.6. The predicted octanol–water partition coefficient (Wildman–Crippen LogP) is 1.40. The van der Waals surface area contributed by atoms with Gasteiger partial charge in [0, 0.05) is 24.6 Å². The number of rotatable bonds is 3. The number of methoxy groups -OCH3 is 1. The van der Waals surface area contributed by atoms with Crippen LogP contribution in [0.4, 0.5) is 0 Å². The second-order valence-electron chi connectivity index (χ2n) is 5.77. The van der Waals surface area contributed by atoms with Crippen LogP contribution in [0.25, 0.3) is 5.70 Å². The molecule has 0 saturated carbocycles. The molecule has 1 aromatic carbocycles. The van der Waals surface area contributed by atoms with Crippen molar-refractivity contribution in [1.82, 2.24) is 9.91 Å². The van der Waals surface area contributed by atoms with Gasteiger partial charge in [-0.1, -0.05) is 0 Å². The Morgan fingerprint density at radius 3 is 2.73 bits per heavy atom. The molecule has 2 heterocycles. The number of benzene rings is 1. The van der Waals surface area contributed by atoms with Crippen molar-refractivity contribution in [2.45, 2.75) is 30.3 Å². The van der Waals surface area contributed by atoms with E-state index in [1.165, 1.54) is 19.8 Å². The summed E-state index contributed by atoms with van der Waals surface area (Å²) in [6.45, 7) is 0.992. The molecule has 2 aliphatic rings. The zero-order valence-corrected chi connectivity index (χ0v) is 13.6. The third-order valence-electron chi connectivity index (χ3n) is 4.28. The van der Waals surface area contributed by atoms with Gasteiger partial charge in [0.25, 0.3) is 0 Å². The molecule has 0 amide bonds. The SMILES string of the molecule is COc1cc(S(C)(=O)=O)ccc1C1=CN2CCCCC2N1N. The summed E-state index contributed by atoms with van der Waals surface area (Å²) in [6, 6.07) is 4.91.